The summed E-state index contributed by atoms with van der Waals surface area (Å²) in [4.78, 5) is 34.5. The molecule has 0 radical (unpaired) electrons. The summed E-state index contributed by atoms with van der Waals surface area (Å²) in [5, 5.41) is 0. The quantitative estimate of drug-likeness (QED) is 0.750. The van der Waals surface area contributed by atoms with Gasteiger partial charge in [-0.1, -0.05) is 29.8 Å². The van der Waals surface area contributed by atoms with Crippen molar-refractivity contribution in [2.24, 2.45) is 0 Å². The van der Waals surface area contributed by atoms with Crippen molar-refractivity contribution in [3.63, 3.8) is 0 Å². The summed E-state index contributed by atoms with van der Waals surface area (Å²) >= 11 is 0. The first-order chi connectivity index (χ1) is 14.0. The maximum atomic E-state index is 12.7. The molecule has 1 saturated carbocycles. The van der Waals surface area contributed by atoms with Crippen LogP contribution in [0.1, 0.15) is 47.3 Å². The molecule has 0 atom stereocenters. The Bertz CT molecular complexity index is 864. The van der Waals surface area contributed by atoms with Gasteiger partial charge in [0.25, 0.3) is 5.91 Å². The van der Waals surface area contributed by atoms with Crippen LogP contribution in [0.4, 0.5) is 0 Å². The molecule has 1 saturated heterocycles. The van der Waals surface area contributed by atoms with Crippen LogP contribution in [0.15, 0.2) is 34.9 Å². The summed E-state index contributed by atoms with van der Waals surface area (Å²) in [7, 11) is 0. The minimum atomic E-state index is -0.125. The van der Waals surface area contributed by atoms with Crippen LogP contribution in [-0.2, 0) is 17.9 Å². The summed E-state index contributed by atoms with van der Waals surface area (Å²) in [5.41, 5.74) is 2.88. The Labute approximate surface area is 171 Å². The molecule has 2 aromatic rings. The van der Waals surface area contributed by atoms with Gasteiger partial charge in [0.2, 0.25) is 11.8 Å². The molecule has 1 aliphatic carbocycles. The Hall–Kier alpha value is -2.67. The molecule has 29 heavy (non-hydrogen) atoms. The second-order valence-electron chi connectivity index (χ2n) is 8.05. The van der Waals surface area contributed by atoms with E-state index < -0.39 is 0 Å². The molecule has 0 N–H and O–H groups in total. The first-order valence-electron chi connectivity index (χ1n) is 10.3. The summed E-state index contributed by atoms with van der Waals surface area (Å²) < 4.78 is 5.64. The Morgan fingerprint density at radius 2 is 1.72 bits per heavy atom. The van der Waals surface area contributed by atoms with Gasteiger partial charge < -0.3 is 14.2 Å². The Morgan fingerprint density at radius 1 is 1.07 bits per heavy atom. The van der Waals surface area contributed by atoms with E-state index in [-0.39, 0.29) is 11.8 Å². The maximum absolute atomic E-state index is 12.7. The molecule has 0 bridgehead atoms. The standard InChI is InChI=1S/C22H28N4O3/c1-16-3-5-18(6-4-16)13-26(19-7-8-19)14-21-23-20(15-29-21)22(28)25-11-9-24(10-12-25)17(2)27/h3-6,15,19H,7-14H2,1-2H3. The summed E-state index contributed by atoms with van der Waals surface area (Å²) in [6.45, 7) is 7.30. The molecule has 2 heterocycles. The normalized spacial score (nSPS) is 17.1. The van der Waals surface area contributed by atoms with Crippen molar-refractivity contribution in [2.75, 3.05) is 26.2 Å². The molecule has 2 aliphatic rings. The SMILES string of the molecule is CC(=O)N1CCN(C(=O)c2coc(CN(Cc3ccc(C)cc3)C3CC3)n2)CC1. The molecular formula is C22H28N4O3. The highest BCUT2D eigenvalue weighted by Crippen LogP contribution is 2.30. The van der Waals surface area contributed by atoms with Gasteiger partial charge in [0.1, 0.15) is 6.26 Å². The molecule has 2 fully saturated rings. The molecule has 0 unspecified atom stereocenters. The zero-order valence-electron chi connectivity index (χ0n) is 17.1. The second kappa shape index (κ2) is 8.37. The van der Waals surface area contributed by atoms with E-state index >= 15 is 0 Å². The highest BCUT2D eigenvalue weighted by Gasteiger charge is 2.31. The third-order valence-corrected chi connectivity index (χ3v) is 5.69. The topological polar surface area (TPSA) is 69.9 Å². The van der Waals surface area contributed by atoms with Crippen LogP contribution in [0.3, 0.4) is 0 Å². The minimum absolute atomic E-state index is 0.0505. The number of piperazine rings is 1. The van der Waals surface area contributed by atoms with Crippen LogP contribution in [-0.4, -0.2) is 63.7 Å². The predicted molar refractivity (Wildman–Crippen MR) is 108 cm³/mol. The number of aryl methyl sites for hydroxylation is 1. The van der Waals surface area contributed by atoms with Gasteiger partial charge in [0.15, 0.2) is 5.69 Å². The Kier molecular flexibility index (Phi) is 5.67. The van der Waals surface area contributed by atoms with Gasteiger partial charge in [0, 0.05) is 45.7 Å². The highest BCUT2D eigenvalue weighted by molar-refractivity contribution is 5.92. The number of carbonyl (C=O) groups is 2. The molecular weight excluding hydrogens is 368 g/mol. The molecule has 1 aromatic carbocycles. The van der Waals surface area contributed by atoms with Crippen LogP contribution >= 0.6 is 0 Å². The van der Waals surface area contributed by atoms with E-state index in [0.717, 1.165) is 6.54 Å². The molecule has 154 valence electrons. The summed E-state index contributed by atoms with van der Waals surface area (Å²) in [6, 6.07) is 9.15. The summed E-state index contributed by atoms with van der Waals surface area (Å²) in [6.07, 6.45) is 3.85. The smallest absolute Gasteiger partial charge is 0.275 e. The first kappa shape index (κ1) is 19.6. The van der Waals surface area contributed by atoms with Crippen molar-refractivity contribution in [2.45, 2.75) is 45.8 Å². The third kappa shape index (κ3) is 4.85. The van der Waals surface area contributed by atoms with Gasteiger partial charge >= 0.3 is 0 Å². The van der Waals surface area contributed by atoms with Gasteiger partial charge in [-0.25, -0.2) is 4.98 Å². The monoisotopic (exact) mass is 396 g/mol. The van der Waals surface area contributed by atoms with Crippen LogP contribution in [0.25, 0.3) is 0 Å². The van der Waals surface area contributed by atoms with Crippen molar-refractivity contribution in [1.29, 1.82) is 0 Å². The van der Waals surface area contributed by atoms with Crippen molar-refractivity contribution >= 4 is 11.8 Å². The maximum Gasteiger partial charge on any atom is 0.275 e. The number of amides is 2. The van der Waals surface area contributed by atoms with Crippen LogP contribution < -0.4 is 0 Å². The van der Waals surface area contributed by atoms with E-state index in [1.165, 1.54) is 30.2 Å². The van der Waals surface area contributed by atoms with Crippen LogP contribution in [0.2, 0.25) is 0 Å². The van der Waals surface area contributed by atoms with Gasteiger partial charge in [-0.05, 0) is 25.3 Å². The number of benzene rings is 1. The number of aromatic nitrogens is 1. The lowest BCUT2D eigenvalue weighted by Gasteiger charge is -2.33. The lowest BCUT2D eigenvalue weighted by Crippen LogP contribution is -2.50. The zero-order valence-corrected chi connectivity index (χ0v) is 17.1. The number of carbonyl (C=O) groups excluding carboxylic acids is 2. The third-order valence-electron chi connectivity index (χ3n) is 5.69. The van der Waals surface area contributed by atoms with Crippen molar-refractivity contribution in [1.82, 2.24) is 19.7 Å². The van der Waals surface area contributed by atoms with Gasteiger partial charge in [-0.15, -0.1) is 0 Å². The minimum Gasteiger partial charge on any atom is -0.447 e. The van der Waals surface area contributed by atoms with E-state index in [4.69, 9.17) is 4.42 Å². The average Bonchev–Trinajstić information content (AvgIpc) is 3.47. The Morgan fingerprint density at radius 3 is 2.34 bits per heavy atom. The molecule has 2 amide bonds. The number of oxazole rings is 1. The van der Waals surface area contributed by atoms with Crippen molar-refractivity contribution in [3.8, 4) is 0 Å². The molecule has 4 rings (SSSR count). The predicted octanol–water partition coefficient (Wildman–Crippen LogP) is 2.45. The van der Waals surface area contributed by atoms with E-state index in [1.807, 2.05) is 0 Å². The number of rotatable bonds is 6. The number of hydrogen-bond acceptors (Lipinski definition) is 5. The largest absolute Gasteiger partial charge is 0.447 e. The lowest BCUT2D eigenvalue weighted by atomic mass is 10.1. The van der Waals surface area contributed by atoms with Gasteiger partial charge in [0.05, 0.1) is 6.54 Å². The fourth-order valence-electron chi connectivity index (χ4n) is 3.72. The van der Waals surface area contributed by atoms with Crippen molar-refractivity contribution < 1.29 is 14.0 Å². The van der Waals surface area contributed by atoms with Crippen LogP contribution in [0.5, 0.6) is 0 Å². The van der Waals surface area contributed by atoms with E-state index in [2.05, 4.69) is 41.1 Å². The average molecular weight is 396 g/mol. The molecule has 1 aliphatic heterocycles. The Balaban J connectivity index is 1.37. The molecule has 1 aromatic heterocycles. The van der Waals surface area contributed by atoms with E-state index in [9.17, 15) is 9.59 Å². The highest BCUT2D eigenvalue weighted by atomic mass is 16.3. The zero-order chi connectivity index (χ0) is 20.4. The first-order valence-corrected chi connectivity index (χ1v) is 10.3. The molecule has 7 nitrogen and oxygen atoms in total. The fraction of sp³-hybridized carbons (Fsp3) is 0.500. The van der Waals surface area contributed by atoms with Crippen LogP contribution in [0, 0.1) is 6.92 Å². The summed E-state index contributed by atoms with van der Waals surface area (Å²) in [5.74, 6) is 0.504. The van der Waals surface area contributed by atoms with E-state index in [0.29, 0.717) is 50.4 Å². The fourth-order valence-corrected chi connectivity index (χ4v) is 3.72. The van der Waals surface area contributed by atoms with Gasteiger partial charge in [-0.3, -0.25) is 14.5 Å². The van der Waals surface area contributed by atoms with Gasteiger partial charge in [-0.2, -0.15) is 0 Å². The number of hydrogen-bond donors (Lipinski definition) is 0. The molecule has 7 heteroatoms. The van der Waals surface area contributed by atoms with Crippen molar-refractivity contribution in [3.05, 3.63) is 53.2 Å². The lowest BCUT2D eigenvalue weighted by molar-refractivity contribution is -0.130. The molecule has 0 spiro atoms. The second-order valence-corrected chi connectivity index (χ2v) is 8.05. The number of nitrogens with zero attached hydrogens (tertiary/aromatic N) is 4. The van der Waals surface area contributed by atoms with E-state index in [1.54, 1.807) is 16.7 Å².